The van der Waals surface area contributed by atoms with Crippen LogP contribution in [0.3, 0.4) is 0 Å². The van der Waals surface area contributed by atoms with E-state index < -0.39 is 28.5 Å². The highest BCUT2D eigenvalue weighted by atomic mass is 35.5. The van der Waals surface area contributed by atoms with Crippen molar-refractivity contribution >= 4 is 39.1 Å². The van der Waals surface area contributed by atoms with Crippen LogP contribution >= 0.6 is 11.6 Å². The lowest BCUT2D eigenvalue weighted by Gasteiger charge is -2.34. The maximum atomic E-state index is 14.2. The van der Waals surface area contributed by atoms with Gasteiger partial charge in [0.2, 0.25) is 11.8 Å². The van der Waals surface area contributed by atoms with Gasteiger partial charge in [0.05, 0.1) is 10.6 Å². The second-order valence-corrected chi connectivity index (χ2v) is 12.4. The van der Waals surface area contributed by atoms with Crippen molar-refractivity contribution in [1.29, 1.82) is 0 Å². The van der Waals surface area contributed by atoms with E-state index in [1.807, 2.05) is 52.8 Å². The molecule has 7 nitrogen and oxygen atoms in total. The van der Waals surface area contributed by atoms with Crippen molar-refractivity contribution < 1.29 is 18.0 Å². The number of carbonyl (C=O) groups is 2. The molecule has 3 rings (SSSR count). The number of aryl methyl sites for hydroxylation is 2. The lowest BCUT2D eigenvalue weighted by Crippen LogP contribution is -2.53. The highest BCUT2D eigenvalue weighted by Crippen LogP contribution is 2.29. The molecule has 41 heavy (non-hydrogen) atoms. The summed E-state index contributed by atoms with van der Waals surface area (Å²) in [6, 6.07) is 20.0. The number of hydrogen-bond donors (Lipinski definition) is 1. The van der Waals surface area contributed by atoms with Gasteiger partial charge in [-0.1, -0.05) is 86.5 Å². The van der Waals surface area contributed by atoms with E-state index in [2.05, 4.69) is 5.32 Å². The average molecular weight is 598 g/mol. The Balaban J connectivity index is 2.11. The fourth-order valence-electron chi connectivity index (χ4n) is 4.57. The number of para-hydroxylation sites is 1. The number of sulfonamides is 1. The SMILES string of the molecule is CCc1ccccc1N(CC(=O)N(Cc1ccccc1Cl)[C@@H](CC)C(=O)N[C@H](C)CC)S(=O)(=O)c1ccc(C)cc1. The fraction of sp³-hybridized carbons (Fsp3) is 0.375. The van der Waals surface area contributed by atoms with Gasteiger partial charge in [0.1, 0.15) is 12.6 Å². The van der Waals surface area contributed by atoms with E-state index >= 15 is 0 Å². The van der Waals surface area contributed by atoms with E-state index in [4.69, 9.17) is 11.6 Å². The first kappa shape index (κ1) is 32.2. The summed E-state index contributed by atoms with van der Waals surface area (Å²) < 4.78 is 29.4. The van der Waals surface area contributed by atoms with Crippen molar-refractivity contribution in [3.8, 4) is 0 Å². The van der Waals surface area contributed by atoms with Crippen LogP contribution in [0.5, 0.6) is 0 Å². The van der Waals surface area contributed by atoms with Gasteiger partial charge in [-0.3, -0.25) is 13.9 Å². The highest BCUT2D eigenvalue weighted by Gasteiger charge is 2.34. The molecule has 0 aromatic heterocycles. The van der Waals surface area contributed by atoms with E-state index in [-0.39, 0.29) is 23.4 Å². The molecule has 0 bridgehead atoms. The largest absolute Gasteiger partial charge is 0.352 e. The second-order valence-electron chi connectivity index (χ2n) is 10.2. The highest BCUT2D eigenvalue weighted by molar-refractivity contribution is 7.92. The van der Waals surface area contributed by atoms with E-state index in [0.29, 0.717) is 29.1 Å². The molecule has 0 aliphatic rings. The van der Waals surface area contributed by atoms with E-state index in [1.165, 1.54) is 4.90 Å². The molecule has 0 saturated carbocycles. The molecule has 3 aromatic rings. The third kappa shape index (κ3) is 7.89. The molecular formula is C32H40ClN3O4S. The number of benzene rings is 3. The van der Waals surface area contributed by atoms with E-state index in [0.717, 1.165) is 21.9 Å². The first-order valence-electron chi connectivity index (χ1n) is 14.0. The molecule has 0 radical (unpaired) electrons. The minimum Gasteiger partial charge on any atom is -0.352 e. The summed E-state index contributed by atoms with van der Waals surface area (Å²) in [6.45, 7) is 9.10. The Hall–Kier alpha value is -3.36. The summed E-state index contributed by atoms with van der Waals surface area (Å²) in [5, 5.41) is 3.44. The minimum absolute atomic E-state index is 0.0543. The van der Waals surface area contributed by atoms with Crippen LogP contribution in [0.4, 0.5) is 5.69 Å². The molecule has 2 atom stereocenters. The number of nitrogens with zero attached hydrogens (tertiary/aromatic N) is 2. The number of halogens is 1. The molecule has 0 fully saturated rings. The van der Waals surface area contributed by atoms with Gasteiger partial charge >= 0.3 is 0 Å². The van der Waals surface area contributed by atoms with Crippen molar-refractivity contribution in [2.24, 2.45) is 0 Å². The number of amides is 2. The van der Waals surface area contributed by atoms with Gasteiger partial charge in [-0.05, 0) is 68.5 Å². The van der Waals surface area contributed by atoms with E-state index in [1.54, 1.807) is 54.6 Å². The van der Waals surface area contributed by atoms with Crippen LogP contribution in [0.25, 0.3) is 0 Å². The molecule has 0 unspecified atom stereocenters. The van der Waals surface area contributed by atoms with Crippen molar-refractivity contribution in [1.82, 2.24) is 10.2 Å². The number of anilines is 1. The topological polar surface area (TPSA) is 86.8 Å². The van der Waals surface area contributed by atoms with Gasteiger partial charge in [-0.25, -0.2) is 8.42 Å². The van der Waals surface area contributed by atoms with Crippen LogP contribution in [0.1, 0.15) is 57.2 Å². The van der Waals surface area contributed by atoms with Gasteiger partial charge in [-0.15, -0.1) is 0 Å². The Morgan fingerprint density at radius 1 is 0.878 bits per heavy atom. The molecule has 0 aliphatic heterocycles. The van der Waals surface area contributed by atoms with Crippen LogP contribution in [0.2, 0.25) is 5.02 Å². The molecule has 220 valence electrons. The van der Waals surface area contributed by atoms with Crippen molar-refractivity contribution in [3.05, 3.63) is 94.5 Å². The van der Waals surface area contributed by atoms with Gasteiger partial charge in [0.25, 0.3) is 10.0 Å². The van der Waals surface area contributed by atoms with Crippen LogP contribution < -0.4 is 9.62 Å². The number of rotatable bonds is 13. The summed E-state index contributed by atoms with van der Waals surface area (Å²) in [5.41, 5.74) is 2.80. The Morgan fingerprint density at radius 3 is 2.07 bits per heavy atom. The lowest BCUT2D eigenvalue weighted by molar-refractivity contribution is -0.140. The second kappa shape index (κ2) is 14.5. The summed E-state index contributed by atoms with van der Waals surface area (Å²) in [6.07, 6.45) is 1.65. The quantitative estimate of drug-likeness (QED) is 0.257. The Morgan fingerprint density at radius 2 is 1.49 bits per heavy atom. The zero-order chi connectivity index (χ0) is 30.2. The van der Waals surface area contributed by atoms with E-state index in [9.17, 15) is 18.0 Å². The van der Waals surface area contributed by atoms with Crippen molar-refractivity contribution in [3.63, 3.8) is 0 Å². The molecule has 0 heterocycles. The number of carbonyl (C=O) groups excluding carboxylic acids is 2. The fourth-order valence-corrected chi connectivity index (χ4v) is 6.22. The monoisotopic (exact) mass is 597 g/mol. The maximum absolute atomic E-state index is 14.2. The Bertz CT molecular complexity index is 1440. The summed E-state index contributed by atoms with van der Waals surface area (Å²) in [4.78, 5) is 29.2. The van der Waals surface area contributed by atoms with Crippen molar-refractivity contribution in [2.45, 2.75) is 77.4 Å². The summed E-state index contributed by atoms with van der Waals surface area (Å²) >= 11 is 6.47. The third-order valence-electron chi connectivity index (χ3n) is 7.21. The van der Waals surface area contributed by atoms with Crippen LogP contribution in [-0.4, -0.2) is 43.8 Å². The molecule has 1 N–H and O–H groups in total. The molecule has 3 aromatic carbocycles. The normalized spacial score (nSPS) is 12.8. The summed E-state index contributed by atoms with van der Waals surface area (Å²) in [7, 11) is -4.13. The summed E-state index contributed by atoms with van der Waals surface area (Å²) in [5.74, 6) is -0.790. The average Bonchev–Trinajstić information content (AvgIpc) is 2.96. The molecule has 0 aliphatic carbocycles. The zero-order valence-electron chi connectivity index (χ0n) is 24.4. The first-order valence-corrected chi connectivity index (χ1v) is 15.9. The third-order valence-corrected chi connectivity index (χ3v) is 9.36. The zero-order valence-corrected chi connectivity index (χ0v) is 26.0. The predicted octanol–water partition coefficient (Wildman–Crippen LogP) is 6.13. The molecular weight excluding hydrogens is 558 g/mol. The number of nitrogens with one attached hydrogen (secondary N) is 1. The first-order chi connectivity index (χ1) is 19.5. The van der Waals surface area contributed by atoms with Crippen molar-refractivity contribution in [2.75, 3.05) is 10.8 Å². The standard InChI is InChI=1S/C32H40ClN3O4S/c1-6-24(5)34-32(38)29(8-3)35(21-26-14-9-11-15-28(26)33)31(37)22-36(30-16-12-10-13-25(30)7-2)41(39,40)27-19-17-23(4)18-20-27/h9-20,24,29H,6-8,21-22H2,1-5H3,(H,34,38)/t24-,29+/m1/s1. The molecule has 0 saturated heterocycles. The Kier molecular flexibility index (Phi) is 11.4. The van der Waals surface area contributed by atoms with Gasteiger partial charge < -0.3 is 10.2 Å². The molecule has 2 amide bonds. The van der Waals surface area contributed by atoms with Crippen LogP contribution in [-0.2, 0) is 32.6 Å². The van der Waals surface area contributed by atoms with Crippen LogP contribution in [0.15, 0.2) is 77.7 Å². The number of hydrogen-bond acceptors (Lipinski definition) is 4. The van der Waals surface area contributed by atoms with Gasteiger partial charge in [-0.2, -0.15) is 0 Å². The maximum Gasteiger partial charge on any atom is 0.264 e. The molecule has 0 spiro atoms. The predicted molar refractivity (Wildman–Crippen MR) is 166 cm³/mol. The smallest absolute Gasteiger partial charge is 0.264 e. The molecule has 9 heteroatoms. The van der Waals surface area contributed by atoms with Crippen LogP contribution in [0, 0.1) is 6.92 Å². The van der Waals surface area contributed by atoms with Gasteiger partial charge in [0, 0.05) is 17.6 Å². The Labute approximate surface area is 249 Å². The minimum atomic E-state index is -4.13. The van der Waals surface area contributed by atoms with Gasteiger partial charge in [0.15, 0.2) is 0 Å². The lowest BCUT2D eigenvalue weighted by atomic mass is 10.1.